The first-order chi connectivity index (χ1) is 11.8. The van der Waals surface area contributed by atoms with Gasteiger partial charge in [-0.05, 0) is 12.1 Å². The predicted molar refractivity (Wildman–Crippen MR) is 98.5 cm³/mol. The monoisotopic (exact) mass is 312 g/mol. The third-order valence-electron chi connectivity index (χ3n) is 5.45. The maximum atomic E-state index is 10.7. The lowest BCUT2D eigenvalue weighted by molar-refractivity contribution is 0.142. The topological polar surface area (TPSA) is 30.1 Å². The summed E-state index contributed by atoms with van der Waals surface area (Å²) in [4.78, 5) is 0. The van der Waals surface area contributed by atoms with Crippen molar-refractivity contribution in [3.8, 4) is 0 Å². The van der Waals surface area contributed by atoms with Crippen LogP contribution < -0.4 is 0 Å². The number of para-hydroxylation sites is 2. The molecule has 1 aliphatic heterocycles. The van der Waals surface area contributed by atoms with E-state index in [0.29, 0.717) is 13.1 Å². The van der Waals surface area contributed by atoms with Crippen molar-refractivity contribution < 1.29 is 5.11 Å². The number of aliphatic hydroxyl groups is 1. The maximum Gasteiger partial charge on any atom is 0.0898 e. The van der Waals surface area contributed by atoms with Crippen LogP contribution in [0.4, 0.5) is 0 Å². The fourth-order valence-electron chi connectivity index (χ4n) is 4.53. The molecule has 0 saturated carbocycles. The molecule has 3 aromatic carbocycles. The van der Waals surface area contributed by atoms with Crippen molar-refractivity contribution in [2.75, 3.05) is 0 Å². The Hall–Kier alpha value is -2.78. The number of aromatic nitrogens is 2. The van der Waals surface area contributed by atoms with E-state index in [1.807, 2.05) is 0 Å². The van der Waals surface area contributed by atoms with Gasteiger partial charge in [0, 0.05) is 32.6 Å². The second kappa shape index (κ2) is 4.19. The van der Waals surface area contributed by atoms with Gasteiger partial charge in [-0.3, -0.25) is 0 Å². The van der Waals surface area contributed by atoms with Crippen molar-refractivity contribution in [3.63, 3.8) is 0 Å². The van der Waals surface area contributed by atoms with Crippen LogP contribution in [0.1, 0.15) is 0 Å². The van der Waals surface area contributed by atoms with E-state index in [2.05, 4.69) is 69.8 Å². The second-order valence-electron chi connectivity index (χ2n) is 6.77. The van der Waals surface area contributed by atoms with Crippen LogP contribution in [0.2, 0.25) is 0 Å². The van der Waals surface area contributed by atoms with Crippen LogP contribution in [0.3, 0.4) is 0 Å². The Balaban J connectivity index is 2.00. The molecule has 24 heavy (non-hydrogen) atoms. The molecule has 3 heteroatoms. The maximum absolute atomic E-state index is 10.7. The zero-order valence-corrected chi connectivity index (χ0v) is 13.1. The molecule has 0 unspecified atom stereocenters. The standard InChI is InChI=1S/C21H16N2O/c24-13-11-22-18-7-3-1-5-14(18)16-9-10-17-15-6-2-4-8-19(15)23(12-13)21(17)20(16)22/h1-10,13,24H,11-12H2. The normalized spacial score (nSPS) is 15.2. The van der Waals surface area contributed by atoms with Gasteiger partial charge >= 0.3 is 0 Å². The Bertz CT molecular complexity index is 1180. The number of benzene rings is 3. The van der Waals surface area contributed by atoms with E-state index in [0.717, 1.165) is 0 Å². The highest BCUT2D eigenvalue weighted by molar-refractivity contribution is 6.22. The van der Waals surface area contributed by atoms with Crippen molar-refractivity contribution in [1.82, 2.24) is 9.13 Å². The first-order valence-electron chi connectivity index (χ1n) is 8.42. The molecule has 0 bridgehead atoms. The molecule has 0 atom stereocenters. The highest BCUT2D eigenvalue weighted by Gasteiger charge is 2.24. The summed E-state index contributed by atoms with van der Waals surface area (Å²) in [6, 6.07) is 21.5. The van der Waals surface area contributed by atoms with Crippen molar-refractivity contribution in [3.05, 3.63) is 60.7 Å². The van der Waals surface area contributed by atoms with Crippen LogP contribution in [0, 0.1) is 0 Å². The molecule has 0 saturated heterocycles. The van der Waals surface area contributed by atoms with Crippen LogP contribution in [0.15, 0.2) is 60.7 Å². The highest BCUT2D eigenvalue weighted by Crippen LogP contribution is 2.40. The summed E-state index contributed by atoms with van der Waals surface area (Å²) < 4.78 is 4.61. The van der Waals surface area contributed by atoms with E-state index < -0.39 is 6.10 Å². The van der Waals surface area contributed by atoms with E-state index in [9.17, 15) is 5.11 Å². The summed E-state index contributed by atoms with van der Waals surface area (Å²) >= 11 is 0. The van der Waals surface area contributed by atoms with Gasteiger partial charge in [0.1, 0.15) is 0 Å². The number of nitrogens with zero attached hydrogens (tertiary/aromatic N) is 2. The molecule has 2 aromatic heterocycles. The van der Waals surface area contributed by atoms with E-state index in [4.69, 9.17) is 0 Å². The van der Waals surface area contributed by atoms with Crippen molar-refractivity contribution >= 4 is 43.6 Å². The minimum atomic E-state index is -0.393. The SMILES string of the molecule is OC1Cn2c3ccccc3c3ccc4c5ccccc5n(c4c32)C1. The van der Waals surface area contributed by atoms with E-state index in [1.165, 1.54) is 43.6 Å². The molecule has 0 amide bonds. The van der Waals surface area contributed by atoms with Crippen LogP contribution in [-0.4, -0.2) is 20.3 Å². The summed E-state index contributed by atoms with van der Waals surface area (Å²) in [6.45, 7) is 1.28. The smallest absolute Gasteiger partial charge is 0.0898 e. The first-order valence-corrected chi connectivity index (χ1v) is 8.42. The Labute approximate surface area is 138 Å². The molecule has 6 rings (SSSR count). The van der Waals surface area contributed by atoms with Crippen molar-refractivity contribution in [2.24, 2.45) is 0 Å². The average molecular weight is 312 g/mol. The Morgan fingerprint density at radius 1 is 0.625 bits per heavy atom. The highest BCUT2D eigenvalue weighted by atomic mass is 16.3. The molecule has 0 spiro atoms. The van der Waals surface area contributed by atoms with Gasteiger partial charge in [0.05, 0.1) is 30.2 Å². The second-order valence-corrected chi connectivity index (χ2v) is 6.77. The third kappa shape index (κ3) is 1.37. The molecule has 116 valence electrons. The van der Waals surface area contributed by atoms with Crippen LogP contribution in [-0.2, 0) is 13.1 Å². The van der Waals surface area contributed by atoms with Gasteiger partial charge in [-0.1, -0.05) is 48.5 Å². The molecular formula is C21H16N2O. The minimum Gasteiger partial charge on any atom is -0.389 e. The van der Waals surface area contributed by atoms with Gasteiger partial charge in [-0.2, -0.15) is 0 Å². The molecular weight excluding hydrogens is 296 g/mol. The van der Waals surface area contributed by atoms with Gasteiger partial charge < -0.3 is 14.2 Å². The molecule has 3 heterocycles. The number of hydrogen-bond acceptors (Lipinski definition) is 1. The lowest BCUT2D eigenvalue weighted by Gasteiger charge is -2.12. The van der Waals surface area contributed by atoms with Crippen molar-refractivity contribution in [1.29, 1.82) is 0 Å². The minimum absolute atomic E-state index is 0.393. The van der Waals surface area contributed by atoms with E-state index >= 15 is 0 Å². The number of rotatable bonds is 0. The first kappa shape index (κ1) is 12.6. The molecule has 0 aliphatic carbocycles. The summed E-state index contributed by atoms with van der Waals surface area (Å²) in [7, 11) is 0. The molecule has 1 N–H and O–H groups in total. The van der Waals surface area contributed by atoms with Crippen LogP contribution >= 0.6 is 0 Å². The van der Waals surface area contributed by atoms with Crippen molar-refractivity contribution in [2.45, 2.75) is 19.2 Å². The molecule has 1 aliphatic rings. The number of hydrogen-bond donors (Lipinski definition) is 1. The Kier molecular flexibility index (Phi) is 2.20. The zero-order chi connectivity index (χ0) is 15.8. The third-order valence-corrected chi connectivity index (χ3v) is 5.45. The van der Waals surface area contributed by atoms with Crippen LogP contribution in [0.25, 0.3) is 43.6 Å². The zero-order valence-electron chi connectivity index (χ0n) is 13.1. The van der Waals surface area contributed by atoms with Gasteiger partial charge in [-0.25, -0.2) is 0 Å². The van der Waals surface area contributed by atoms with E-state index in [-0.39, 0.29) is 0 Å². The van der Waals surface area contributed by atoms with Gasteiger partial charge in [0.25, 0.3) is 0 Å². The number of aliphatic hydroxyl groups excluding tert-OH is 1. The van der Waals surface area contributed by atoms with Gasteiger partial charge in [-0.15, -0.1) is 0 Å². The molecule has 3 nitrogen and oxygen atoms in total. The lowest BCUT2D eigenvalue weighted by Crippen LogP contribution is -2.19. The fraction of sp³-hybridized carbons (Fsp3) is 0.143. The number of fused-ring (bicyclic) bond motifs is 6. The summed E-state index contributed by atoms with van der Waals surface area (Å²) in [5, 5.41) is 15.8. The summed E-state index contributed by atoms with van der Waals surface area (Å²) in [6.07, 6.45) is -0.393. The fourth-order valence-corrected chi connectivity index (χ4v) is 4.53. The molecule has 0 radical (unpaired) electrons. The molecule has 0 fully saturated rings. The van der Waals surface area contributed by atoms with Crippen LogP contribution in [0.5, 0.6) is 0 Å². The quantitative estimate of drug-likeness (QED) is 0.454. The predicted octanol–water partition coefficient (Wildman–Crippen LogP) is 4.28. The summed E-state index contributed by atoms with van der Waals surface area (Å²) in [5.74, 6) is 0. The van der Waals surface area contributed by atoms with E-state index in [1.54, 1.807) is 0 Å². The van der Waals surface area contributed by atoms with Gasteiger partial charge in [0.15, 0.2) is 0 Å². The summed E-state index contributed by atoms with van der Waals surface area (Å²) in [5.41, 5.74) is 4.92. The largest absolute Gasteiger partial charge is 0.389 e. The molecule has 5 aromatic rings. The average Bonchev–Trinajstić information content (AvgIpc) is 3.04. The van der Waals surface area contributed by atoms with Gasteiger partial charge in [0.2, 0.25) is 0 Å². The lowest BCUT2D eigenvalue weighted by atomic mass is 10.1. The Morgan fingerprint density at radius 3 is 1.58 bits per heavy atom. The Morgan fingerprint density at radius 2 is 1.08 bits per heavy atom.